The Morgan fingerprint density at radius 1 is 1.23 bits per heavy atom. The Labute approximate surface area is 179 Å². The fraction of sp³-hybridized carbons (Fsp3) is 0.571. The first-order valence-electron chi connectivity index (χ1n) is 10.6. The van der Waals surface area contributed by atoms with Gasteiger partial charge in [-0.1, -0.05) is 13.8 Å². The minimum absolute atomic E-state index is 0.235. The molecule has 0 aliphatic carbocycles. The first-order valence-corrected chi connectivity index (χ1v) is 10.6. The van der Waals surface area contributed by atoms with Crippen LogP contribution in [0.3, 0.4) is 0 Å². The van der Waals surface area contributed by atoms with E-state index in [0.717, 1.165) is 17.6 Å². The number of urea groups is 1. The summed E-state index contributed by atoms with van der Waals surface area (Å²) in [6.07, 6.45) is 1.26. The fourth-order valence-electron chi connectivity index (χ4n) is 4.36. The number of amides is 3. The lowest BCUT2D eigenvalue weighted by Gasteiger charge is -2.41. The second kappa shape index (κ2) is 8.88. The number of imide groups is 1. The van der Waals surface area contributed by atoms with Crippen LogP contribution in [-0.2, 0) is 11.3 Å². The third-order valence-electron chi connectivity index (χ3n) is 5.82. The van der Waals surface area contributed by atoms with Gasteiger partial charge in [-0.25, -0.2) is 18.1 Å². The molecule has 2 aromatic heterocycles. The van der Waals surface area contributed by atoms with E-state index in [0.29, 0.717) is 44.3 Å². The lowest BCUT2D eigenvalue weighted by atomic mass is 10.1. The van der Waals surface area contributed by atoms with Crippen molar-refractivity contribution >= 4 is 23.1 Å². The van der Waals surface area contributed by atoms with Gasteiger partial charge in [0.1, 0.15) is 0 Å². The van der Waals surface area contributed by atoms with E-state index in [2.05, 4.69) is 15.3 Å². The summed E-state index contributed by atoms with van der Waals surface area (Å²) < 4.78 is 29.0. The molecule has 31 heavy (non-hydrogen) atoms. The quantitative estimate of drug-likeness (QED) is 0.755. The van der Waals surface area contributed by atoms with Crippen molar-refractivity contribution in [3.05, 3.63) is 30.1 Å². The molecule has 168 valence electrons. The number of halogens is 2. The number of nitrogens with zero attached hydrogens (tertiary/aromatic N) is 5. The van der Waals surface area contributed by atoms with Crippen LogP contribution in [0, 0.1) is 5.92 Å². The third-order valence-corrected chi connectivity index (χ3v) is 5.82. The molecule has 10 heteroatoms. The van der Waals surface area contributed by atoms with Crippen molar-refractivity contribution in [1.82, 2.24) is 24.7 Å². The molecule has 4 heterocycles. The Balaban J connectivity index is 1.50. The Morgan fingerprint density at radius 3 is 2.74 bits per heavy atom. The number of alkyl halides is 2. The summed E-state index contributed by atoms with van der Waals surface area (Å²) in [5, 5.41) is 6.62. The van der Waals surface area contributed by atoms with Gasteiger partial charge in [-0.3, -0.25) is 24.8 Å². The topological polar surface area (TPSA) is 73.2 Å². The summed E-state index contributed by atoms with van der Waals surface area (Å²) in [6.45, 7) is 7.28. The number of hydrogen-bond donors (Lipinski definition) is 1. The van der Waals surface area contributed by atoms with Gasteiger partial charge in [-0.15, -0.1) is 0 Å². The van der Waals surface area contributed by atoms with E-state index in [1.54, 1.807) is 16.9 Å². The summed E-state index contributed by atoms with van der Waals surface area (Å²) in [4.78, 5) is 29.1. The minimum atomic E-state index is -2.38. The highest BCUT2D eigenvalue weighted by Gasteiger charge is 2.33. The van der Waals surface area contributed by atoms with E-state index in [4.69, 9.17) is 0 Å². The summed E-state index contributed by atoms with van der Waals surface area (Å²) in [6, 6.07) is 2.63. The first-order chi connectivity index (χ1) is 14.8. The van der Waals surface area contributed by atoms with E-state index in [9.17, 15) is 18.4 Å². The SMILES string of the molecule is CC(C)CN1CCN(Cc2ccn3ncc(N4CCC(=O)NC4=O)c3c2)C[C@@H]1C(F)F. The number of nitrogens with one attached hydrogen (secondary N) is 1. The van der Waals surface area contributed by atoms with Gasteiger partial charge >= 0.3 is 6.03 Å². The highest BCUT2D eigenvalue weighted by atomic mass is 19.3. The summed E-state index contributed by atoms with van der Waals surface area (Å²) >= 11 is 0. The standard InChI is InChI=1S/C21H28F2N6O2/c1-14(2)11-27-8-7-26(13-18(27)20(22)23)12-15-3-6-29-16(9-15)17(10-24-29)28-5-4-19(30)25-21(28)31/h3,6,9-10,14,18,20H,4-5,7-8,11-13H2,1-2H3,(H,25,30,31)/t18-/m1/s1. The highest BCUT2D eigenvalue weighted by molar-refractivity contribution is 6.07. The van der Waals surface area contributed by atoms with E-state index in [1.807, 2.05) is 30.9 Å². The van der Waals surface area contributed by atoms with Gasteiger partial charge in [-0.05, 0) is 23.6 Å². The summed E-state index contributed by atoms with van der Waals surface area (Å²) in [5.74, 6) is 0.0568. The van der Waals surface area contributed by atoms with Gasteiger partial charge in [0.25, 0.3) is 6.43 Å². The molecule has 4 rings (SSSR count). The van der Waals surface area contributed by atoms with Crippen molar-refractivity contribution < 1.29 is 18.4 Å². The van der Waals surface area contributed by atoms with Crippen LogP contribution in [0.1, 0.15) is 25.8 Å². The van der Waals surface area contributed by atoms with Crippen molar-refractivity contribution in [2.75, 3.05) is 37.6 Å². The smallest absolute Gasteiger partial charge is 0.296 e. The average Bonchev–Trinajstić information content (AvgIpc) is 3.11. The number of carbonyl (C=O) groups is 2. The van der Waals surface area contributed by atoms with Gasteiger partial charge in [0, 0.05) is 51.9 Å². The number of pyridine rings is 1. The molecule has 0 aromatic carbocycles. The van der Waals surface area contributed by atoms with Gasteiger partial charge in [0.15, 0.2) is 0 Å². The second-order valence-electron chi connectivity index (χ2n) is 8.68. The zero-order chi connectivity index (χ0) is 22.1. The molecule has 2 aliphatic heterocycles. The van der Waals surface area contributed by atoms with Crippen molar-refractivity contribution in [3.63, 3.8) is 0 Å². The normalized spacial score (nSPS) is 21.5. The van der Waals surface area contributed by atoms with Crippen LogP contribution in [0.15, 0.2) is 24.5 Å². The molecule has 2 aromatic rings. The van der Waals surface area contributed by atoms with E-state index in [1.165, 1.54) is 4.90 Å². The molecule has 1 N–H and O–H groups in total. The number of aromatic nitrogens is 2. The molecule has 0 saturated carbocycles. The second-order valence-corrected chi connectivity index (χ2v) is 8.68. The number of carbonyl (C=O) groups excluding carboxylic acids is 2. The minimum Gasteiger partial charge on any atom is -0.296 e. The monoisotopic (exact) mass is 434 g/mol. The molecule has 0 unspecified atom stereocenters. The zero-order valence-electron chi connectivity index (χ0n) is 17.8. The zero-order valence-corrected chi connectivity index (χ0v) is 17.8. The molecular weight excluding hydrogens is 406 g/mol. The number of piperazine rings is 1. The van der Waals surface area contributed by atoms with Crippen LogP contribution in [0.4, 0.5) is 19.3 Å². The number of fused-ring (bicyclic) bond motifs is 1. The molecule has 2 aliphatic rings. The van der Waals surface area contributed by atoms with Crippen molar-refractivity contribution in [2.24, 2.45) is 5.92 Å². The van der Waals surface area contributed by atoms with E-state index < -0.39 is 18.5 Å². The number of hydrogen-bond acceptors (Lipinski definition) is 5. The lowest BCUT2D eigenvalue weighted by Crippen LogP contribution is -2.56. The molecule has 0 bridgehead atoms. The number of anilines is 1. The molecule has 0 radical (unpaired) electrons. The Hall–Kier alpha value is -2.59. The Bertz CT molecular complexity index is 962. The summed E-state index contributed by atoms with van der Waals surface area (Å²) in [7, 11) is 0. The lowest BCUT2D eigenvalue weighted by molar-refractivity contribution is -0.120. The third kappa shape index (κ3) is 4.69. The van der Waals surface area contributed by atoms with Crippen LogP contribution in [0.25, 0.3) is 5.52 Å². The average molecular weight is 434 g/mol. The molecular formula is C21H28F2N6O2. The molecule has 2 fully saturated rings. The fourth-order valence-corrected chi connectivity index (χ4v) is 4.36. The molecule has 2 saturated heterocycles. The van der Waals surface area contributed by atoms with Crippen molar-refractivity contribution in [3.8, 4) is 0 Å². The van der Waals surface area contributed by atoms with Gasteiger partial charge < -0.3 is 0 Å². The molecule has 0 spiro atoms. The first kappa shape index (κ1) is 21.6. The Kier molecular flexibility index (Phi) is 6.19. The van der Waals surface area contributed by atoms with Crippen LogP contribution in [0.2, 0.25) is 0 Å². The predicted octanol–water partition coefficient (Wildman–Crippen LogP) is 2.19. The van der Waals surface area contributed by atoms with E-state index >= 15 is 0 Å². The van der Waals surface area contributed by atoms with Crippen LogP contribution in [-0.4, -0.2) is 76.5 Å². The maximum absolute atomic E-state index is 13.7. The Morgan fingerprint density at radius 2 is 2.03 bits per heavy atom. The van der Waals surface area contributed by atoms with Gasteiger partial charge in [0.2, 0.25) is 5.91 Å². The molecule has 3 amide bonds. The van der Waals surface area contributed by atoms with Crippen molar-refractivity contribution in [1.29, 1.82) is 0 Å². The van der Waals surface area contributed by atoms with Crippen LogP contribution in [0.5, 0.6) is 0 Å². The van der Waals surface area contributed by atoms with Crippen LogP contribution >= 0.6 is 0 Å². The van der Waals surface area contributed by atoms with E-state index in [-0.39, 0.29) is 12.3 Å². The van der Waals surface area contributed by atoms with Crippen LogP contribution < -0.4 is 10.2 Å². The van der Waals surface area contributed by atoms with Gasteiger partial charge in [-0.2, -0.15) is 5.10 Å². The number of rotatable bonds is 6. The maximum Gasteiger partial charge on any atom is 0.328 e. The van der Waals surface area contributed by atoms with Gasteiger partial charge in [0.05, 0.1) is 23.4 Å². The summed E-state index contributed by atoms with van der Waals surface area (Å²) in [5.41, 5.74) is 2.33. The predicted molar refractivity (Wildman–Crippen MR) is 112 cm³/mol. The maximum atomic E-state index is 13.7. The molecule has 1 atom stereocenters. The van der Waals surface area contributed by atoms with Crippen molar-refractivity contribution in [2.45, 2.75) is 39.3 Å². The highest BCUT2D eigenvalue weighted by Crippen LogP contribution is 2.25. The largest absolute Gasteiger partial charge is 0.328 e. The molecule has 8 nitrogen and oxygen atoms in total.